The van der Waals surface area contributed by atoms with Crippen LogP contribution in [-0.2, 0) is 17.8 Å². The molecule has 0 amide bonds. The maximum absolute atomic E-state index is 5.48. The summed E-state index contributed by atoms with van der Waals surface area (Å²) in [7, 11) is 0. The minimum atomic E-state index is 0.701. The first-order chi connectivity index (χ1) is 10.8. The SMILES string of the molecule is CCn1cncc1CN1CCC(C(C)N2CCOCC2)CC1. The van der Waals surface area contributed by atoms with Crippen LogP contribution in [-0.4, -0.2) is 64.8 Å². The third-order valence-corrected chi connectivity index (χ3v) is 5.46. The van der Waals surface area contributed by atoms with Crippen LogP contribution in [0, 0.1) is 5.92 Å². The highest BCUT2D eigenvalue weighted by Gasteiger charge is 2.28. The van der Waals surface area contributed by atoms with Crippen molar-refractivity contribution in [2.24, 2.45) is 5.92 Å². The van der Waals surface area contributed by atoms with Crippen molar-refractivity contribution in [2.75, 3.05) is 39.4 Å². The summed E-state index contributed by atoms with van der Waals surface area (Å²) in [6, 6.07) is 0.701. The maximum atomic E-state index is 5.48. The average molecular weight is 306 g/mol. The number of aryl methyl sites for hydroxylation is 1. The van der Waals surface area contributed by atoms with E-state index in [2.05, 4.69) is 33.2 Å². The summed E-state index contributed by atoms with van der Waals surface area (Å²) in [5.41, 5.74) is 1.35. The molecule has 5 heteroatoms. The van der Waals surface area contributed by atoms with Gasteiger partial charge in [0.05, 0.1) is 25.2 Å². The zero-order valence-corrected chi connectivity index (χ0v) is 14.1. The average Bonchev–Trinajstić information content (AvgIpc) is 3.03. The minimum absolute atomic E-state index is 0.701. The highest BCUT2D eigenvalue weighted by Crippen LogP contribution is 2.25. The Morgan fingerprint density at radius 3 is 2.64 bits per heavy atom. The summed E-state index contributed by atoms with van der Waals surface area (Å²) in [4.78, 5) is 9.49. The fourth-order valence-electron chi connectivity index (χ4n) is 3.87. The van der Waals surface area contributed by atoms with Gasteiger partial charge in [-0.25, -0.2) is 4.98 Å². The van der Waals surface area contributed by atoms with Crippen LogP contribution in [0.1, 0.15) is 32.4 Å². The third kappa shape index (κ3) is 3.70. The Morgan fingerprint density at radius 1 is 1.23 bits per heavy atom. The van der Waals surface area contributed by atoms with Gasteiger partial charge in [0, 0.05) is 38.4 Å². The summed E-state index contributed by atoms with van der Waals surface area (Å²) in [5.74, 6) is 0.838. The van der Waals surface area contributed by atoms with Crippen LogP contribution < -0.4 is 0 Å². The Morgan fingerprint density at radius 2 is 1.95 bits per heavy atom. The quantitative estimate of drug-likeness (QED) is 0.831. The Bertz CT molecular complexity index is 447. The highest BCUT2D eigenvalue weighted by molar-refractivity contribution is 4.98. The molecule has 0 bridgehead atoms. The second kappa shape index (κ2) is 7.57. The normalized spacial score (nSPS) is 23.7. The number of imidazole rings is 1. The second-order valence-electron chi connectivity index (χ2n) is 6.67. The van der Waals surface area contributed by atoms with E-state index in [0.717, 1.165) is 45.3 Å². The third-order valence-electron chi connectivity index (χ3n) is 5.46. The molecule has 0 spiro atoms. The molecule has 3 rings (SSSR count). The first-order valence-corrected chi connectivity index (χ1v) is 8.81. The van der Waals surface area contributed by atoms with Crippen molar-refractivity contribution in [3.05, 3.63) is 18.2 Å². The molecule has 1 aromatic heterocycles. The molecular formula is C17H30N4O. The van der Waals surface area contributed by atoms with Crippen LogP contribution in [0.15, 0.2) is 12.5 Å². The summed E-state index contributed by atoms with van der Waals surface area (Å²) >= 11 is 0. The van der Waals surface area contributed by atoms with E-state index < -0.39 is 0 Å². The van der Waals surface area contributed by atoms with Crippen molar-refractivity contribution in [2.45, 2.75) is 45.8 Å². The number of aromatic nitrogens is 2. The lowest BCUT2D eigenvalue weighted by atomic mass is 9.89. The molecule has 5 nitrogen and oxygen atoms in total. The zero-order valence-electron chi connectivity index (χ0n) is 14.1. The van der Waals surface area contributed by atoms with Gasteiger partial charge in [0.25, 0.3) is 0 Å². The number of rotatable bonds is 5. The van der Waals surface area contributed by atoms with Crippen molar-refractivity contribution in [3.8, 4) is 0 Å². The molecule has 0 radical (unpaired) electrons. The molecule has 1 atom stereocenters. The molecule has 2 fully saturated rings. The van der Waals surface area contributed by atoms with Crippen molar-refractivity contribution < 1.29 is 4.74 Å². The van der Waals surface area contributed by atoms with Gasteiger partial charge in [0.2, 0.25) is 0 Å². The van der Waals surface area contributed by atoms with E-state index in [9.17, 15) is 0 Å². The van der Waals surface area contributed by atoms with Crippen molar-refractivity contribution in [1.29, 1.82) is 0 Å². The topological polar surface area (TPSA) is 33.5 Å². The second-order valence-corrected chi connectivity index (χ2v) is 6.67. The standard InChI is InChI=1S/C17H30N4O/c1-3-20-14-18-12-17(20)13-19-6-4-16(5-7-19)15(2)21-8-10-22-11-9-21/h12,14-16H,3-11,13H2,1-2H3. The summed E-state index contributed by atoms with van der Waals surface area (Å²) in [6.45, 7) is 13.1. The van der Waals surface area contributed by atoms with Gasteiger partial charge < -0.3 is 9.30 Å². The minimum Gasteiger partial charge on any atom is -0.379 e. The van der Waals surface area contributed by atoms with E-state index in [1.54, 1.807) is 0 Å². The number of hydrogen-bond acceptors (Lipinski definition) is 4. The largest absolute Gasteiger partial charge is 0.379 e. The van der Waals surface area contributed by atoms with Gasteiger partial charge in [0.15, 0.2) is 0 Å². The molecule has 124 valence electrons. The van der Waals surface area contributed by atoms with Crippen LogP contribution in [0.3, 0.4) is 0 Å². The van der Waals surface area contributed by atoms with E-state index in [4.69, 9.17) is 4.74 Å². The first-order valence-electron chi connectivity index (χ1n) is 8.81. The lowest BCUT2D eigenvalue weighted by molar-refractivity contribution is -0.00202. The maximum Gasteiger partial charge on any atom is 0.0948 e. The molecule has 0 aliphatic carbocycles. The summed E-state index contributed by atoms with van der Waals surface area (Å²) in [5, 5.41) is 0. The summed E-state index contributed by atoms with van der Waals surface area (Å²) < 4.78 is 7.73. The van der Waals surface area contributed by atoms with Gasteiger partial charge >= 0.3 is 0 Å². The molecule has 1 unspecified atom stereocenters. The van der Waals surface area contributed by atoms with Gasteiger partial charge in [-0.2, -0.15) is 0 Å². The van der Waals surface area contributed by atoms with Crippen molar-refractivity contribution in [1.82, 2.24) is 19.4 Å². The van der Waals surface area contributed by atoms with Gasteiger partial charge in [-0.15, -0.1) is 0 Å². The lowest BCUT2D eigenvalue weighted by Gasteiger charge is -2.41. The Kier molecular flexibility index (Phi) is 5.50. The predicted molar refractivity (Wildman–Crippen MR) is 87.8 cm³/mol. The van der Waals surface area contributed by atoms with Crippen LogP contribution in [0.5, 0.6) is 0 Å². The van der Waals surface area contributed by atoms with E-state index in [-0.39, 0.29) is 0 Å². The van der Waals surface area contributed by atoms with Crippen LogP contribution >= 0.6 is 0 Å². The molecule has 0 saturated carbocycles. The number of likely N-dealkylation sites (tertiary alicyclic amines) is 1. The molecule has 0 N–H and O–H groups in total. The Hall–Kier alpha value is -0.910. The number of morpholine rings is 1. The van der Waals surface area contributed by atoms with Crippen LogP contribution in [0.2, 0.25) is 0 Å². The van der Waals surface area contributed by atoms with E-state index >= 15 is 0 Å². The van der Waals surface area contributed by atoms with E-state index in [1.165, 1.54) is 31.6 Å². The zero-order chi connectivity index (χ0) is 15.4. The number of piperidine rings is 1. The fraction of sp³-hybridized carbons (Fsp3) is 0.824. The molecule has 2 aliphatic heterocycles. The van der Waals surface area contributed by atoms with Gasteiger partial charge in [0.1, 0.15) is 0 Å². The first kappa shape index (κ1) is 16.0. The monoisotopic (exact) mass is 306 g/mol. The highest BCUT2D eigenvalue weighted by atomic mass is 16.5. The van der Waals surface area contributed by atoms with E-state index in [1.807, 2.05) is 12.5 Å². The van der Waals surface area contributed by atoms with Crippen LogP contribution in [0.4, 0.5) is 0 Å². The molecule has 2 saturated heterocycles. The Labute approximate surface area is 134 Å². The number of ether oxygens (including phenoxy) is 1. The molecule has 22 heavy (non-hydrogen) atoms. The van der Waals surface area contributed by atoms with E-state index in [0.29, 0.717) is 6.04 Å². The molecule has 3 heterocycles. The van der Waals surface area contributed by atoms with Gasteiger partial charge in [-0.05, 0) is 45.7 Å². The summed E-state index contributed by atoms with van der Waals surface area (Å²) in [6.07, 6.45) is 6.60. The van der Waals surface area contributed by atoms with Crippen LogP contribution in [0.25, 0.3) is 0 Å². The molecule has 0 aromatic carbocycles. The molecular weight excluding hydrogens is 276 g/mol. The lowest BCUT2D eigenvalue weighted by Crippen LogP contribution is -2.48. The fourth-order valence-corrected chi connectivity index (χ4v) is 3.87. The molecule has 2 aliphatic rings. The smallest absolute Gasteiger partial charge is 0.0948 e. The van der Waals surface area contributed by atoms with Crippen molar-refractivity contribution >= 4 is 0 Å². The number of nitrogens with zero attached hydrogens (tertiary/aromatic N) is 4. The Balaban J connectivity index is 1.47. The predicted octanol–water partition coefficient (Wildman–Crippen LogP) is 1.84. The van der Waals surface area contributed by atoms with Crippen molar-refractivity contribution in [3.63, 3.8) is 0 Å². The number of hydrogen-bond donors (Lipinski definition) is 0. The van der Waals surface area contributed by atoms with Gasteiger partial charge in [-0.3, -0.25) is 9.80 Å². The molecule has 1 aromatic rings. The van der Waals surface area contributed by atoms with Gasteiger partial charge in [-0.1, -0.05) is 0 Å².